The average molecular weight is 382 g/mol. The second-order valence-electron chi connectivity index (χ2n) is 4.28. The Bertz CT molecular complexity index is 603. The normalized spacial score (nSPS) is 13.4. The van der Waals surface area contributed by atoms with Crippen LogP contribution >= 0.6 is 27.7 Å². The summed E-state index contributed by atoms with van der Waals surface area (Å²) in [6, 6.07) is 3.74. The Morgan fingerprint density at radius 1 is 1.50 bits per heavy atom. The van der Waals surface area contributed by atoms with Gasteiger partial charge in [-0.2, -0.15) is 16.1 Å². The summed E-state index contributed by atoms with van der Waals surface area (Å²) >= 11 is 4.70. The highest BCUT2D eigenvalue weighted by Gasteiger charge is 2.27. The second kappa shape index (κ2) is 6.93. The fraction of sp³-hybridized carbons (Fsp3) is 0.417. The van der Waals surface area contributed by atoms with Gasteiger partial charge in [0.2, 0.25) is 10.0 Å². The van der Waals surface area contributed by atoms with E-state index >= 15 is 0 Å². The van der Waals surface area contributed by atoms with E-state index in [-0.39, 0.29) is 21.0 Å². The third-order valence-electron chi connectivity index (χ3n) is 2.86. The molecule has 0 amide bonds. The van der Waals surface area contributed by atoms with Crippen molar-refractivity contribution in [3.05, 3.63) is 28.2 Å². The van der Waals surface area contributed by atoms with Crippen LogP contribution in [0, 0.1) is 0 Å². The van der Waals surface area contributed by atoms with Crippen molar-refractivity contribution in [3.8, 4) is 0 Å². The van der Waals surface area contributed by atoms with E-state index in [1.807, 2.05) is 13.2 Å². The molecule has 0 bridgehead atoms. The van der Waals surface area contributed by atoms with E-state index in [2.05, 4.69) is 15.9 Å². The van der Waals surface area contributed by atoms with Crippen LogP contribution in [-0.2, 0) is 10.0 Å². The van der Waals surface area contributed by atoms with Gasteiger partial charge in [-0.25, -0.2) is 13.2 Å². The van der Waals surface area contributed by atoms with Crippen LogP contribution in [0.1, 0.15) is 17.3 Å². The quantitative estimate of drug-likeness (QED) is 0.819. The molecule has 0 aliphatic rings. The molecule has 0 aliphatic carbocycles. The van der Waals surface area contributed by atoms with Gasteiger partial charge >= 0.3 is 5.97 Å². The van der Waals surface area contributed by atoms with Crippen molar-refractivity contribution < 1.29 is 18.3 Å². The van der Waals surface area contributed by atoms with Crippen molar-refractivity contribution in [2.45, 2.75) is 17.9 Å². The van der Waals surface area contributed by atoms with E-state index in [4.69, 9.17) is 5.11 Å². The number of carboxylic acids is 1. The average Bonchev–Trinajstić information content (AvgIpc) is 2.37. The first-order valence-electron chi connectivity index (χ1n) is 5.71. The van der Waals surface area contributed by atoms with Crippen molar-refractivity contribution in [1.82, 2.24) is 4.31 Å². The van der Waals surface area contributed by atoms with Gasteiger partial charge in [0, 0.05) is 23.3 Å². The van der Waals surface area contributed by atoms with Crippen LogP contribution in [0.5, 0.6) is 0 Å². The zero-order valence-corrected chi connectivity index (χ0v) is 14.5. The second-order valence-corrected chi connectivity index (χ2v) is 8.01. The number of aromatic carboxylic acids is 1. The van der Waals surface area contributed by atoms with Crippen molar-refractivity contribution in [3.63, 3.8) is 0 Å². The fourth-order valence-electron chi connectivity index (χ4n) is 1.58. The predicted octanol–water partition coefficient (Wildman–Crippen LogP) is 2.52. The molecule has 112 valence electrons. The smallest absolute Gasteiger partial charge is 0.335 e. The zero-order valence-electron chi connectivity index (χ0n) is 11.3. The highest BCUT2D eigenvalue weighted by atomic mass is 79.9. The molecule has 0 spiro atoms. The lowest BCUT2D eigenvalue weighted by atomic mass is 10.2. The summed E-state index contributed by atoms with van der Waals surface area (Å²) in [5.41, 5.74) is 0.0376. The molecule has 1 atom stereocenters. The molecule has 0 saturated heterocycles. The number of carboxylic acid groups (broad SMARTS) is 1. The Labute approximate surface area is 131 Å². The van der Waals surface area contributed by atoms with E-state index in [1.165, 1.54) is 29.6 Å². The standard InChI is InChI=1S/C12H16BrNO4S2/c1-8(7-19-3)14(2)20(17,18)11-5-4-9(12(15)16)6-10(11)13/h4-6,8H,7H2,1-3H3,(H,15,16). The largest absolute Gasteiger partial charge is 0.478 e. The van der Waals surface area contributed by atoms with Gasteiger partial charge < -0.3 is 5.11 Å². The van der Waals surface area contributed by atoms with Crippen LogP contribution in [0.15, 0.2) is 27.6 Å². The Morgan fingerprint density at radius 3 is 2.55 bits per heavy atom. The van der Waals surface area contributed by atoms with E-state index in [0.29, 0.717) is 5.75 Å². The summed E-state index contributed by atoms with van der Waals surface area (Å²) in [6.07, 6.45) is 1.91. The molecule has 8 heteroatoms. The van der Waals surface area contributed by atoms with Crippen LogP contribution in [0.2, 0.25) is 0 Å². The van der Waals surface area contributed by atoms with Gasteiger partial charge in [-0.15, -0.1) is 0 Å². The van der Waals surface area contributed by atoms with Crippen molar-refractivity contribution in [2.24, 2.45) is 0 Å². The molecule has 1 rings (SSSR count). The van der Waals surface area contributed by atoms with Crippen LogP contribution in [0.3, 0.4) is 0 Å². The van der Waals surface area contributed by atoms with Crippen molar-refractivity contribution >= 4 is 43.7 Å². The highest BCUT2D eigenvalue weighted by Crippen LogP contribution is 2.27. The maximum Gasteiger partial charge on any atom is 0.335 e. The lowest BCUT2D eigenvalue weighted by molar-refractivity contribution is 0.0696. The number of halogens is 1. The molecule has 0 aliphatic heterocycles. The Morgan fingerprint density at radius 2 is 2.10 bits per heavy atom. The third kappa shape index (κ3) is 3.75. The van der Waals surface area contributed by atoms with Gasteiger partial charge in [0.15, 0.2) is 0 Å². The molecule has 1 N–H and O–H groups in total. The molecular formula is C12H16BrNO4S2. The first kappa shape index (κ1) is 17.5. The topological polar surface area (TPSA) is 74.7 Å². The molecule has 5 nitrogen and oxygen atoms in total. The summed E-state index contributed by atoms with van der Waals surface area (Å²) in [7, 11) is -2.13. The van der Waals surface area contributed by atoms with E-state index < -0.39 is 16.0 Å². The molecule has 1 aromatic carbocycles. The van der Waals surface area contributed by atoms with Gasteiger partial charge in [0.1, 0.15) is 0 Å². The monoisotopic (exact) mass is 381 g/mol. The first-order valence-corrected chi connectivity index (χ1v) is 9.34. The van der Waals surface area contributed by atoms with Gasteiger partial charge in [-0.1, -0.05) is 0 Å². The Balaban J connectivity index is 3.19. The summed E-state index contributed by atoms with van der Waals surface area (Å²) < 4.78 is 26.5. The predicted molar refractivity (Wildman–Crippen MR) is 83.9 cm³/mol. The van der Waals surface area contributed by atoms with Gasteiger partial charge in [-0.3, -0.25) is 0 Å². The van der Waals surface area contributed by atoms with Gasteiger partial charge in [0.25, 0.3) is 0 Å². The Kier molecular flexibility index (Phi) is 6.06. The van der Waals surface area contributed by atoms with Gasteiger partial charge in [-0.05, 0) is 47.3 Å². The molecule has 0 fully saturated rings. The van der Waals surface area contributed by atoms with Crippen LogP contribution in [0.4, 0.5) is 0 Å². The van der Waals surface area contributed by atoms with Gasteiger partial charge in [0.05, 0.1) is 10.5 Å². The van der Waals surface area contributed by atoms with Crippen molar-refractivity contribution in [1.29, 1.82) is 0 Å². The van der Waals surface area contributed by atoms with Crippen LogP contribution < -0.4 is 0 Å². The van der Waals surface area contributed by atoms with Crippen molar-refractivity contribution in [2.75, 3.05) is 19.1 Å². The SMILES string of the molecule is CSCC(C)N(C)S(=O)(=O)c1ccc(C(=O)O)cc1Br. The number of sulfonamides is 1. The number of hydrogen-bond acceptors (Lipinski definition) is 4. The molecular weight excluding hydrogens is 366 g/mol. The molecule has 1 unspecified atom stereocenters. The number of benzene rings is 1. The minimum atomic E-state index is -3.65. The third-order valence-corrected chi connectivity index (χ3v) is 6.63. The number of nitrogens with zero attached hydrogens (tertiary/aromatic N) is 1. The molecule has 0 radical (unpaired) electrons. The number of rotatable bonds is 6. The van der Waals surface area contributed by atoms with E-state index in [9.17, 15) is 13.2 Å². The fourth-order valence-corrected chi connectivity index (χ4v) is 4.78. The first-order chi connectivity index (χ1) is 9.21. The molecule has 0 aromatic heterocycles. The summed E-state index contributed by atoms with van der Waals surface area (Å²) in [4.78, 5) is 10.9. The minimum absolute atomic E-state index is 0.0376. The molecule has 20 heavy (non-hydrogen) atoms. The number of thioether (sulfide) groups is 1. The lowest BCUT2D eigenvalue weighted by Gasteiger charge is -2.24. The van der Waals surface area contributed by atoms with Crippen LogP contribution in [0.25, 0.3) is 0 Å². The van der Waals surface area contributed by atoms with E-state index in [0.717, 1.165) is 0 Å². The summed E-state index contributed by atoms with van der Waals surface area (Å²) in [6.45, 7) is 1.83. The molecule has 1 aromatic rings. The maximum atomic E-state index is 12.5. The maximum absolute atomic E-state index is 12.5. The van der Waals surface area contributed by atoms with E-state index in [1.54, 1.807) is 11.8 Å². The summed E-state index contributed by atoms with van der Waals surface area (Å²) in [5, 5.41) is 8.89. The minimum Gasteiger partial charge on any atom is -0.478 e. The summed E-state index contributed by atoms with van der Waals surface area (Å²) in [5.74, 6) is -0.417. The number of hydrogen-bond donors (Lipinski definition) is 1. The molecule has 0 saturated carbocycles. The molecule has 0 heterocycles. The Hall–Kier alpha value is -0.570. The zero-order chi connectivity index (χ0) is 15.5. The number of carbonyl (C=O) groups is 1. The van der Waals surface area contributed by atoms with Crippen LogP contribution in [-0.4, -0.2) is 48.9 Å². The lowest BCUT2D eigenvalue weighted by Crippen LogP contribution is -2.36. The highest BCUT2D eigenvalue weighted by molar-refractivity contribution is 9.10.